The van der Waals surface area contributed by atoms with Crippen molar-refractivity contribution in [3.63, 3.8) is 0 Å². The maximum absolute atomic E-state index is 5.47. The lowest BCUT2D eigenvalue weighted by molar-refractivity contribution is 0.408. The molecule has 0 aliphatic heterocycles. The van der Waals surface area contributed by atoms with E-state index in [1.807, 2.05) is 0 Å². The minimum Gasteiger partial charge on any atom is -0.496 e. The van der Waals surface area contributed by atoms with Crippen LogP contribution in [0.2, 0.25) is 0 Å². The number of aryl methyl sites for hydroxylation is 1. The molecule has 0 radical (unpaired) electrons. The minimum absolute atomic E-state index is 0.743. The Hall–Kier alpha value is -1.06. The number of methoxy groups -OCH3 is 1. The fourth-order valence-corrected chi connectivity index (χ4v) is 2.09. The molecule has 0 saturated carbocycles. The largest absolute Gasteiger partial charge is 0.496 e. The van der Waals surface area contributed by atoms with Crippen LogP contribution in [0, 0.1) is 20.8 Å². The number of nitrogens with one attached hydrogen (secondary N) is 1. The third-order valence-electron chi connectivity index (χ3n) is 3.21. The summed E-state index contributed by atoms with van der Waals surface area (Å²) in [6.07, 6.45) is 1.02. The minimum atomic E-state index is 0.743. The van der Waals surface area contributed by atoms with Crippen molar-refractivity contribution in [2.75, 3.05) is 20.2 Å². The fourth-order valence-electron chi connectivity index (χ4n) is 2.09. The lowest BCUT2D eigenvalue weighted by Gasteiger charge is -2.16. The van der Waals surface area contributed by atoms with Crippen LogP contribution in [0.25, 0.3) is 0 Å². The summed E-state index contributed by atoms with van der Waals surface area (Å²) in [4.78, 5) is 0. The van der Waals surface area contributed by atoms with Crippen LogP contribution in [-0.2, 0) is 6.54 Å². The standard InChI is InChI=1S/C14H24N2O/c1-10-8-13(9-16-7-5-6-15)11(2)12(3)14(10)17-4/h8,16H,5-7,9,15H2,1-4H3. The maximum Gasteiger partial charge on any atom is 0.124 e. The number of rotatable bonds is 6. The van der Waals surface area contributed by atoms with Crippen molar-refractivity contribution < 1.29 is 4.74 Å². The second-order valence-electron chi connectivity index (χ2n) is 4.45. The van der Waals surface area contributed by atoms with E-state index in [0.717, 1.165) is 31.8 Å². The van der Waals surface area contributed by atoms with Gasteiger partial charge in [-0.15, -0.1) is 0 Å². The number of nitrogens with two attached hydrogens (primary N) is 1. The molecular weight excluding hydrogens is 212 g/mol. The van der Waals surface area contributed by atoms with Crippen LogP contribution in [0.1, 0.15) is 28.7 Å². The van der Waals surface area contributed by atoms with Gasteiger partial charge in [0, 0.05) is 6.54 Å². The van der Waals surface area contributed by atoms with Crippen LogP contribution < -0.4 is 15.8 Å². The second kappa shape index (κ2) is 6.62. The van der Waals surface area contributed by atoms with Crippen molar-refractivity contribution >= 4 is 0 Å². The monoisotopic (exact) mass is 236 g/mol. The Morgan fingerprint density at radius 3 is 2.53 bits per heavy atom. The number of ether oxygens (including phenoxy) is 1. The van der Waals surface area contributed by atoms with Crippen molar-refractivity contribution in [3.8, 4) is 5.75 Å². The van der Waals surface area contributed by atoms with Gasteiger partial charge in [0.05, 0.1) is 7.11 Å². The Bertz CT molecular complexity index is 375. The second-order valence-corrected chi connectivity index (χ2v) is 4.45. The van der Waals surface area contributed by atoms with Crippen LogP contribution in [0.3, 0.4) is 0 Å². The van der Waals surface area contributed by atoms with E-state index >= 15 is 0 Å². The highest BCUT2D eigenvalue weighted by molar-refractivity contribution is 5.48. The molecule has 0 unspecified atom stereocenters. The SMILES string of the molecule is COc1c(C)cc(CNCCCN)c(C)c1C. The van der Waals surface area contributed by atoms with Crippen LogP contribution in [0.15, 0.2) is 6.07 Å². The molecule has 0 aromatic heterocycles. The Kier molecular flexibility index (Phi) is 5.45. The Labute approximate surface area is 104 Å². The molecule has 0 aliphatic carbocycles. The van der Waals surface area contributed by atoms with Gasteiger partial charge in [0.2, 0.25) is 0 Å². The van der Waals surface area contributed by atoms with E-state index in [-0.39, 0.29) is 0 Å². The summed E-state index contributed by atoms with van der Waals surface area (Å²) in [5.74, 6) is 1.01. The lowest BCUT2D eigenvalue weighted by Crippen LogP contribution is -2.18. The summed E-state index contributed by atoms with van der Waals surface area (Å²) in [5.41, 5.74) is 10.6. The normalized spacial score (nSPS) is 10.6. The van der Waals surface area contributed by atoms with Gasteiger partial charge in [-0.1, -0.05) is 6.07 Å². The molecule has 0 atom stereocenters. The zero-order chi connectivity index (χ0) is 12.8. The van der Waals surface area contributed by atoms with E-state index in [1.165, 1.54) is 22.3 Å². The number of benzene rings is 1. The van der Waals surface area contributed by atoms with Crippen LogP contribution >= 0.6 is 0 Å². The molecule has 0 saturated heterocycles. The van der Waals surface area contributed by atoms with Crippen molar-refractivity contribution in [1.29, 1.82) is 0 Å². The van der Waals surface area contributed by atoms with E-state index in [4.69, 9.17) is 10.5 Å². The van der Waals surface area contributed by atoms with Crippen LogP contribution in [0.5, 0.6) is 5.75 Å². The van der Waals surface area contributed by atoms with Gasteiger partial charge in [-0.25, -0.2) is 0 Å². The first-order chi connectivity index (χ1) is 8.11. The highest BCUT2D eigenvalue weighted by Gasteiger charge is 2.09. The van der Waals surface area contributed by atoms with E-state index in [9.17, 15) is 0 Å². The highest BCUT2D eigenvalue weighted by Crippen LogP contribution is 2.28. The molecule has 1 aromatic carbocycles. The summed E-state index contributed by atoms with van der Waals surface area (Å²) >= 11 is 0. The highest BCUT2D eigenvalue weighted by atomic mass is 16.5. The van der Waals surface area contributed by atoms with Crippen molar-refractivity contribution in [2.45, 2.75) is 33.7 Å². The van der Waals surface area contributed by atoms with E-state index in [0.29, 0.717) is 0 Å². The molecular formula is C14H24N2O. The van der Waals surface area contributed by atoms with Crippen molar-refractivity contribution in [1.82, 2.24) is 5.32 Å². The molecule has 3 heteroatoms. The summed E-state index contributed by atoms with van der Waals surface area (Å²) in [6, 6.07) is 2.20. The smallest absolute Gasteiger partial charge is 0.124 e. The molecule has 0 fully saturated rings. The Balaban J connectivity index is 2.80. The molecule has 0 spiro atoms. The molecule has 0 amide bonds. The maximum atomic E-state index is 5.47. The summed E-state index contributed by atoms with van der Waals surface area (Å²) in [5, 5.41) is 3.41. The van der Waals surface area contributed by atoms with Crippen molar-refractivity contribution in [3.05, 3.63) is 28.3 Å². The third kappa shape index (κ3) is 3.45. The molecule has 0 bridgehead atoms. The molecule has 0 aliphatic rings. The van der Waals surface area contributed by atoms with Gasteiger partial charge < -0.3 is 15.8 Å². The van der Waals surface area contributed by atoms with Gasteiger partial charge in [0.1, 0.15) is 5.75 Å². The molecule has 96 valence electrons. The van der Waals surface area contributed by atoms with Gasteiger partial charge in [-0.2, -0.15) is 0 Å². The first-order valence-electron chi connectivity index (χ1n) is 6.16. The quantitative estimate of drug-likeness (QED) is 0.743. The average molecular weight is 236 g/mol. The predicted molar refractivity (Wildman–Crippen MR) is 72.6 cm³/mol. The van der Waals surface area contributed by atoms with Gasteiger partial charge in [-0.3, -0.25) is 0 Å². The molecule has 1 rings (SSSR count). The molecule has 3 nitrogen and oxygen atoms in total. The predicted octanol–water partition coefficient (Wildman–Crippen LogP) is 2.06. The Morgan fingerprint density at radius 1 is 1.24 bits per heavy atom. The first-order valence-corrected chi connectivity index (χ1v) is 6.16. The van der Waals surface area contributed by atoms with E-state index < -0.39 is 0 Å². The summed E-state index contributed by atoms with van der Waals surface area (Å²) in [6.45, 7) is 8.97. The third-order valence-corrected chi connectivity index (χ3v) is 3.21. The van der Waals surface area contributed by atoms with E-state index in [2.05, 4.69) is 32.2 Å². The van der Waals surface area contributed by atoms with Gasteiger partial charge in [0.25, 0.3) is 0 Å². The first kappa shape index (κ1) is 14.0. The topological polar surface area (TPSA) is 47.3 Å². The number of hydrogen-bond donors (Lipinski definition) is 2. The van der Waals surface area contributed by atoms with Gasteiger partial charge in [0.15, 0.2) is 0 Å². The van der Waals surface area contributed by atoms with Crippen LogP contribution in [0.4, 0.5) is 0 Å². The zero-order valence-electron chi connectivity index (χ0n) is 11.4. The molecule has 1 aromatic rings. The van der Waals surface area contributed by atoms with Gasteiger partial charge >= 0.3 is 0 Å². The fraction of sp³-hybridized carbons (Fsp3) is 0.571. The molecule has 3 N–H and O–H groups in total. The number of hydrogen-bond acceptors (Lipinski definition) is 3. The lowest BCUT2D eigenvalue weighted by atomic mass is 9.98. The molecule has 17 heavy (non-hydrogen) atoms. The Morgan fingerprint density at radius 2 is 1.94 bits per heavy atom. The zero-order valence-corrected chi connectivity index (χ0v) is 11.4. The summed E-state index contributed by atoms with van der Waals surface area (Å²) in [7, 11) is 1.73. The summed E-state index contributed by atoms with van der Waals surface area (Å²) < 4.78 is 5.42. The van der Waals surface area contributed by atoms with Crippen molar-refractivity contribution in [2.24, 2.45) is 5.73 Å². The van der Waals surface area contributed by atoms with Gasteiger partial charge in [-0.05, 0) is 62.5 Å². The van der Waals surface area contributed by atoms with E-state index in [1.54, 1.807) is 7.11 Å². The van der Waals surface area contributed by atoms with Crippen LogP contribution in [-0.4, -0.2) is 20.2 Å². The average Bonchev–Trinajstić information content (AvgIpc) is 2.31. The molecule has 0 heterocycles.